The number of aryl methyl sites for hydroxylation is 2. The van der Waals surface area contributed by atoms with E-state index in [2.05, 4.69) is 10.3 Å². The SMILES string of the molecule is CCc1cc(Nc2c(C(N)=O)cnc3c(C)cc(S(=O)(=O)CCN4CCCC4=O)cc23)ccc1F. The molecule has 184 valence electrons. The smallest absolute Gasteiger partial charge is 0.252 e. The van der Waals surface area contributed by atoms with Crippen LogP contribution in [0.3, 0.4) is 0 Å². The molecule has 2 heterocycles. The van der Waals surface area contributed by atoms with E-state index < -0.39 is 15.7 Å². The molecule has 0 aliphatic carbocycles. The largest absolute Gasteiger partial charge is 0.365 e. The Labute approximate surface area is 203 Å². The lowest BCUT2D eigenvalue weighted by atomic mass is 10.0. The van der Waals surface area contributed by atoms with Crippen LogP contribution >= 0.6 is 0 Å². The summed E-state index contributed by atoms with van der Waals surface area (Å²) < 4.78 is 40.4. The first kappa shape index (κ1) is 24.6. The summed E-state index contributed by atoms with van der Waals surface area (Å²) in [5, 5.41) is 3.53. The van der Waals surface area contributed by atoms with Crippen LogP contribution in [0.4, 0.5) is 15.8 Å². The zero-order valence-corrected chi connectivity index (χ0v) is 20.4. The zero-order valence-electron chi connectivity index (χ0n) is 19.6. The Hall–Kier alpha value is -3.53. The van der Waals surface area contributed by atoms with Gasteiger partial charge in [0, 0.05) is 36.8 Å². The maximum Gasteiger partial charge on any atom is 0.252 e. The van der Waals surface area contributed by atoms with Gasteiger partial charge in [0.2, 0.25) is 5.91 Å². The van der Waals surface area contributed by atoms with Crippen LogP contribution in [-0.4, -0.2) is 49.0 Å². The summed E-state index contributed by atoms with van der Waals surface area (Å²) in [5.41, 5.74) is 8.10. The Morgan fingerprint density at radius 1 is 1.26 bits per heavy atom. The molecule has 2 aromatic carbocycles. The average Bonchev–Trinajstić information content (AvgIpc) is 3.23. The molecule has 0 bridgehead atoms. The lowest BCUT2D eigenvalue weighted by Crippen LogP contribution is -2.30. The number of aromatic nitrogens is 1. The summed E-state index contributed by atoms with van der Waals surface area (Å²) >= 11 is 0. The lowest BCUT2D eigenvalue weighted by molar-refractivity contribution is -0.127. The molecule has 1 aliphatic heterocycles. The Bertz CT molecular complexity index is 1440. The minimum atomic E-state index is -3.74. The third kappa shape index (κ3) is 4.97. The molecular weight excluding hydrogens is 471 g/mol. The van der Waals surface area contributed by atoms with Crippen LogP contribution in [0, 0.1) is 12.7 Å². The van der Waals surface area contributed by atoms with Crippen LogP contribution in [0.15, 0.2) is 41.4 Å². The number of hydrogen-bond acceptors (Lipinski definition) is 6. The first-order valence-corrected chi connectivity index (χ1v) is 13.0. The first-order chi connectivity index (χ1) is 16.6. The van der Waals surface area contributed by atoms with Gasteiger partial charge in [0.15, 0.2) is 9.84 Å². The number of carbonyl (C=O) groups is 2. The average molecular weight is 499 g/mol. The molecule has 0 saturated carbocycles. The van der Waals surface area contributed by atoms with Gasteiger partial charge in [-0.05, 0) is 61.2 Å². The zero-order chi connectivity index (χ0) is 25.3. The van der Waals surface area contributed by atoms with Crippen LogP contribution in [0.2, 0.25) is 0 Å². The monoisotopic (exact) mass is 498 g/mol. The number of rotatable bonds is 8. The van der Waals surface area contributed by atoms with Gasteiger partial charge in [-0.3, -0.25) is 14.6 Å². The number of nitrogens with zero attached hydrogens (tertiary/aromatic N) is 2. The fourth-order valence-electron chi connectivity index (χ4n) is 4.30. The lowest BCUT2D eigenvalue weighted by Gasteiger charge is -2.17. The van der Waals surface area contributed by atoms with E-state index in [1.54, 1.807) is 17.9 Å². The summed E-state index contributed by atoms with van der Waals surface area (Å²) in [4.78, 5) is 30.1. The Balaban J connectivity index is 1.80. The van der Waals surface area contributed by atoms with Crippen molar-refractivity contribution < 1.29 is 22.4 Å². The van der Waals surface area contributed by atoms with Crippen molar-refractivity contribution in [2.24, 2.45) is 5.73 Å². The maximum absolute atomic E-state index is 14.0. The summed E-state index contributed by atoms with van der Waals surface area (Å²) in [6, 6.07) is 7.50. The Morgan fingerprint density at radius 2 is 2.03 bits per heavy atom. The topological polar surface area (TPSA) is 122 Å². The van der Waals surface area contributed by atoms with Crippen molar-refractivity contribution in [1.82, 2.24) is 9.88 Å². The maximum atomic E-state index is 14.0. The summed E-state index contributed by atoms with van der Waals surface area (Å²) in [6.07, 6.45) is 2.99. The van der Waals surface area contributed by atoms with E-state index in [1.165, 1.54) is 30.5 Å². The molecule has 3 N–H and O–H groups in total. The molecule has 2 amide bonds. The number of nitrogens with two attached hydrogens (primary N) is 1. The molecule has 0 unspecified atom stereocenters. The molecule has 3 aromatic rings. The van der Waals surface area contributed by atoms with Gasteiger partial charge < -0.3 is 16.0 Å². The van der Waals surface area contributed by atoms with Gasteiger partial charge in [-0.1, -0.05) is 6.92 Å². The van der Waals surface area contributed by atoms with Gasteiger partial charge in [-0.25, -0.2) is 12.8 Å². The minimum absolute atomic E-state index is 0.0394. The number of halogens is 1. The van der Waals surface area contributed by atoms with Crippen molar-refractivity contribution in [1.29, 1.82) is 0 Å². The van der Waals surface area contributed by atoms with Crippen molar-refractivity contribution in [2.75, 3.05) is 24.2 Å². The van der Waals surface area contributed by atoms with Crippen molar-refractivity contribution >= 4 is 43.9 Å². The van der Waals surface area contributed by atoms with Gasteiger partial charge in [0.05, 0.1) is 27.4 Å². The first-order valence-electron chi connectivity index (χ1n) is 11.4. The molecule has 0 radical (unpaired) electrons. The number of hydrogen-bond donors (Lipinski definition) is 2. The molecule has 35 heavy (non-hydrogen) atoms. The second-order valence-electron chi connectivity index (χ2n) is 8.64. The highest BCUT2D eigenvalue weighted by Gasteiger charge is 2.25. The second kappa shape index (κ2) is 9.61. The van der Waals surface area contributed by atoms with E-state index in [0.717, 1.165) is 6.42 Å². The molecule has 1 saturated heterocycles. The standard InChI is InChI=1S/C25H27FN4O4S/c1-3-16-12-17(6-7-21(16)26)29-24-19-13-18(11-15(2)23(19)28-14-20(24)25(27)32)35(33,34)10-9-30-8-4-5-22(30)31/h6-7,11-14H,3-5,8-10H2,1-2H3,(H2,27,32)(H,28,29). The highest BCUT2D eigenvalue weighted by atomic mass is 32.2. The molecule has 1 fully saturated rings. The molecule has 0 atom stereocenters. The number of amides is 2. The van der Waals surface area contributed by atoms with E-state index >= 15 is 0 Å². The Morgan fingerprint density at radius 3 is 2.69 bits per heavy atom. The van der Waals surface area contributed by atoms with Gasteiger partial charge in [-0.15, -0.1) is 0 Å². The van der Waals surface area contributed by atoms with E-state index in [9.17, 15) is 22.4 Å². The molecular formula is C25H27FN4O4S. The number of nitrogens with one attached hydrogen (secondary N) is 1. The van der Waals surface area contributed by atoms with Crippen LogP contribution in [0.1, 0.15) is 41.3 Å². The fourth-order valence-corrected chi connectivity index (χ4v) is 5.65. The molecule has 0 spiro atoms. The number of fused-ring (bicyclic) bond motifs is 1. The fraction of sp³-hybridized carbons (Fsp3) is 0.320. The highest BCUT2D eigenvalue weighted by Crippen LogP contribution is 2.33. The number of anilines is 2. The van der Waals surface area contributed by atoms with Gasteiger partial charge >= 0.3 is 0 Å². The third-order valence-electron chi connectivity index (χ3n) is 6.26. The van der Waals surface area contributed by atoms with Crippen molar-refractivity contribution in [2.45, 2.75) is 38.0 Å². The van der Waals surface area contributed by atoms with Gasteiger partial charge in [0.1, 0.15) is 5.82 Å². The summed E-state index contributed by atoms with van der Waals surface area (Å²) in [7, 11) is -3.74. The summed E-state index contributed by atoms with van der Waals surface area (Å²) in [6.45, 7) is 4.25. The highest BCUT2D eigenvalue weighted by molar-refractivity contribution is 7.91. The van der Waals surface area contributed by atoms with Crippen LogP contribution in [0.25, 0.3) is 10.9 Å². The van der Waals surface area contributed by atoms with E-state index in [4.69, 9.17) is 5.73 Å². The second-order valence-corrected chi connectivity index (χ2v) is 10.7. The molecule has 1 aromatic heterocycles. The van der Waals surface area contributed by atoms with Crippen LogP contribution < -0.4 is 11.1 Å². The van der Waals surface area contributed by atoms with E-state index in [1.807, 2.05) is 6.92 Å². The predicted octanol–water partition coefficient (Wildman–Crippen LogP) is 3.48. The van der Waals surface area contributed by atoms with E-state index in [0.29, 0.717) is 52.8 Å². The molecule has 8 nitrogen and oxygen atoms in total. The quantitative estimate of drug-likeness (QED) is 0.490. The van der Waals surface area contributed by atoms with Gasteiger partial charge in [0.25, 0.3) is 5.91 Å². The normalized spacial score (nSPS) is 14.0. The number of sulfone groups is 1. The van der Waals surface area contributed by atoms with Crippen molar-refractivity contribution in [3.05, 3.63) is 59.0 Å². The van der Waals surface area contributed by atoms with Crippen molar-refractivity contribution in [3.63, 3.8) is 0 Å². The summed E-state index contributed by atoms with van der Waals surface area (Å²) in [5.74, 6) is -1.33. The molecule has 10 heteroatoms. The predicted molar refractivity (Wildman–Crippen MR) is 132 cm³/mol. The van der Waals surface area contributed by atoms with Crippen LogP contribution in [0.5, 0.6) is 0 Å². The van der Waals surface area contributed by atoms with E-state index in [-0.39, 0.29) is 34.5 Å². The number of likely N-dealkylation sites (tertiary alicyclic amines) is 1. The number of pyridine rings is 1. The van der Waals surface area contributed by atoms with Crippen molar-refractivity contribution in [3.8, 4) is 0 Å². The Kier molecular flexibility index (Phi) is 6.75. The number of carbonyl (C=O) groups excluding carboxylic acids is 2. The minimum Gasteiger partial charge on any atom is -0.365 e. The van der Waals surface area contributed by atoms with Crippen LogP contribution in [-0.2, 0) is 21.1 Å². The number of primary amides is 1. The van der Waals surface area contributed by atoms with Gasteiger partial charge in [-0.2, -0.15) is 0 Å². The molecule has 1 aliphatic rings. The molecule has 4 rings (SSSR count). The third-order valence-corrected chi connectivity index (χ3v) is 7.93. The number of benzene rings is 2.